The van der Waals surface area contributed by atoms with Crippen molar-refractivity contribution in [2.24, 2.45) is 16.5 Å². The molecule has 0 aliphatic carbocycles. The third kappa shape index (κ3) is 7.68. The predicted octanol–water partition coefficient (Wildman–Crippen LogP) is 0.853. The highest BCUT2D eigenvalue weighted by Crippen LogP contribution is 2.24. The molecule has 4 rings (SSSR count). The van der Waals surface area contributed by atoms with Crippen molar-refractivity contribution in [2.45, 2.75) is 55.1 Å². The first kappa shape index (κ1) is 30.6. The summed E-state index contributed by atoms with van der Waals surface area (Å²) >= 11 is 0. The number of aromatic nitrogens is 1. The third-order valence-corrected chi connectivity index (χ3v) is 8.56. The summed E-state index contributed by atoms with van der Waals surface area (Å²) in [7, 11) is -4.20. The molecule has 42 heavy (non-hydrogen) atoms. The molecular formula is C29H35N7O5S. The van der Waals surface area contributed by atoms with Crippen LogP contribution in [0.2, 0.25) is 0 Å². The number of rotatable bonds is 13. The molecule has 1 aliphatic heterocycles. The predicted molar refractivity (Wildman–Crippen MR) is 159 cm³/mol. The van der Waals surface area contributed by atoms with Crippen molar-refractivity contribution in [3.8, 4) is 0 Å². The van der Waals surface area contributed by atoms with E-state index in [1.165, 1.54) is 17.2 Å². The summed E-state index contributed by atoms with van der Waals surface area (Å²) in [4.78, 5) is 48.3. The Morgan fingerprint density at radius 1 is 1.10 bits per heavy atom. The van der Waals surface area contributed by atoms with Gasteiger partial charge in [0.25, 0.3) is 0 Å². The molecule has 0 saturated carbocycles. The molecule has 2 heterocycles. The van der Waals surface area contributed by atoms with Crippen molar-refractivity contribution < 1.29 is 22.8 Å². The fourth-order valence-corrected chi connectivity index (χ4v) is 6.42. The number of pyridine rings is 1. The molecule has 1 aromatic heterocycles. The van der Waals surface area contributed by atoms with Gasteiger partial charge in [-0.1, -0.05) is 48.5 Å². The number of carbonyl (C=O) groups excluding carboxylic acids is 3. The van der Waals surface area contributed by atoms with Crippen LogP contribution in [-0.4, -0.2) is 73.6 Å². The number of aldehydes is 1. The van der Waals surface area contributed by atoms with Crippen molar-refractivity contribution >= 4 is 45.0 Å². The minimum Gasteiger partial charge on any atom is -0.370 e. The van der Waals surface area contributed by atoms with Crippen LogP contribution in [0.5, 0.6) is 0 Å². The van der Waals surface area contributed by atoms with E-state index in [4.69, 9.17) is 11.5 Å². The molecule has 12 nitrogen and oxygen atoms in total. The number of hydrogen-bond acceptors (Lipinski definition) is 7. The van der Waals surface area contributed by atoms with E-state index in [-0.39, 0.29) is 29.3 Å². The Kier molecular flexibility index (Phi) is 10.2. The summed E-state index contributed by atoms with van der Waals surface area (Å²) in [6.45, 7) is 0.583. The number of nitrogens with two attached hydrogens (primary N) is 2. The van der Waals surface area contributed by atoms with E-state index in [1.807, 2.05) is 6.07 Å². The van der Waals surface area contributed by atoms with Gasteiger partial charge in [0.2, 0.25) is 21.8 Å². The number of likely N-dealkylation sites (tertiary alicyclic amines) is 1. The van der Waals surface area contributed by atoms with Crippen LogP contribution in [0.1, 0.15) is 31.2 Å². The molecule has 2 aromatic carbocycles. The molecule has 2 amide bonds. The number of benzene rings is 2. The molecule has 13 heteroatoms. The third-order valence-electron chi connectivity index (χ3n) is 7.06. The summed E-state index contributed by atoms with van der Waals surface area (Å²) in [5.41, 5.74) is 11.7. The number of nitrogens with zero attached hydrogens (tertiary/aromatic N) is 3. The average molecular weight is 594 g/mol. The van der Waals surface area contributed by atoms with Crippen molar-refractivity contribution in [2.75, 3.05) is 13.1 Å². The number of carbonyl (C=O) groups is 3. The van der Waals surface area contributed by atoms with Gasteiger partial charge in [-0.05, 0) is 49.8 Å². The number of hydrogen-bond donors (Lipinski definition) is 4. The molecule has 3 aromatic rings. The molecule has 1 aliphatic rings. The van der Waals surface area contributed by atoms with Crippen LogP contribution < -0.4 is 21.5 Å². The summed E-state index contributed by atoms with van der Waals surface area (Å²) in [6.07, 6.45) is 3.95. The van der Waals surface area contributed by atoms with Crippen molar-refractivity contribution in [3.63, 3.8) is 0 Å². The molecule has 0 radical (unpaired) electrons. The zero-order valence-electron chi connectivity index (χ0n) is 23.1. The van der Waals surface area contributed by atoms with Crippen molar-refractivity contribution in [1.29, 1.82) is 0 Å². The lowest BCUT2D eigenvalue weighted by atomic mass is 10.0. The monoisotopic (exact) mass is 593 g/mol. The van der Waals surface area contributed by atoms with Gasteiger partial charge in [0.15, 0.2) is 5.96 Å². The standard InChI is InChI=1S/C29H35N7O5S/c30-29(31)33-16-6-12-22(19-37)34-27(38)24-13-7-17-36(24)28(39)23(18-20-8-2-1-3-9-20)35-42(40,41)25-14-4-10-21-11-5-15-32-26(21)25/h1-5,8-11,14-15,19,22-24,35H,6-7,12-13,16-18H2,(H,34,38)(H4,30,31,33)/t22-,23+,24-/m0/s1. The van der Waals surface area contributed by atoms with E-state index < -0.39 is 40.0 Å². The molecule has 6 N–H and O–H groups in total. The first-order valence-corrected chi connectivity index (χ1v) is 15.2. The number of aliphatic imine (C=N–C) groups is 1. The van der Waals surface area contributed by atoms with Crippen LogP contribution in [0.15, 0.2) is 76.7 Å². The smallest absolute Gasteiger partial charge is 0.243 e. The summed E-state index contributed by atoms with van der Waals surface area (Å²) in [5.74, 6) is -1.05. The molecule has 222 valence electrons. The fraction of sp³-hybridized carbons (Fsp3) is 0.345. The zero-order chi connectivity index (χ0) is 30.1. The van der Waals surface area contributed by atoms with Gasteiger partial charge in [-0.3, -0.25) is 19.6 Å². The molecular weight excluding hydrogens is 558 g/mol. The van der Waals surface area contributed by atoms with Crippen LogP contribution in [0.4, 0.5) is 0 Å². The second-order valence-electron chi connectivity index (χ2n) is 10.1. The lowest BCUT2D eigenvalue weighted by molar-refractivity contribution is -0.140. The Balaban J connectivity index is 1.55. The zero-order valence-corrected chi connectivity index (χ0v) is 23.9. The number of para-hydroxylation sites is 1. The second-order valence-corrected chi connectivity index (χ2v) is 11.8. The Bertz CT molecular complexity index is 1540. The summed E-state index contributed by atoms with van der Waals surface area (Å²) in [6, 6.07) is 14.5. The molecule has 0 bridgehead atoms. The van der Waals surface area contributed by atoms with Gasteiger partial charge in [-0.15, -0.1) is 0 Å². The molecule has 1 saturated heterocycles. The van der Waals surface area contributed by atoms with Gasteiger partial charge in [0.05, 0.1) is 11.6 Å². The van der Waals surface area contributed by atoms with E-state index in [0.29, 0.717) is 43.9 Å². The van der Waals surface area contributed by atoms with Crippen LogP contribution in [-0.2, 0) is 30.8 Å². The SMILES string of the molecule is NC(N)=NCCC[C@@H](C=O)NC(=O)[C@@H]1CCCN1C(=O)[C@@H](Cc1ccccc1)NS(=O)(=O)c1cccc2cccnc12. The van der Waals surface area contributed by atoms with Gasteiger partial charge in [0.1, 0.15) is 23.3 Å². The minimum absolute atomic E-state index is 0.0447. The number of sulfonamides is 1. The number of fused-ring (bicyclic) bond motifs is 1. The van der Waals surface area contributed by atoms with Gasteiger partial charge < -0.3 is 26.5 Å². The molecule has 1 fully saturated rings. The van der Waals surface area contributed by atoms with E-state index >= 15 is 0 Å². The Morgan fingerprint density at radius 3 is 2.60 bits per heavy atom. The molecule has 3 atom stereocenters. The average Bonchev–Trinajstić information content (AvgIpc) is 3.48. The maximum atomic E-state index is 14.0. The number of nitrogens with one attached hydrogen (secondary N) is 2. The largest absolute Gasteiger partial charge is 0.370 e. The Labute approximate surface area is 244 Å². The molecule has 0 spiro atoms. The van der Waals surface area contributed by atoms with Crippen molar-refractivity contribution in [3.05, 3.63) is 72.4 Å². The maximum absolute atomic E-state index is 14.0. The van der Waals surface area contributed by atoms with Gasteiger partial charge in [-0.2, -0.15) is 4.72 Å². The number of amides is 2. The summed E-state index contributed by atoms with van der Waals surface area (Å²) < 4.78 is 29.9. The van der Waals surface area contributed by atoms with Crippen molar-refractivity contribution in [1.82, 2.24) is 19.9 Å². The maximum Gasteiger partial charge on any atom is 0.243 e. The Morgan fingerprint density at radius 2 is 1.86 bits per heavy atom. The summed E-state index contributed by atoms with van der Waals surface area (Å²) in [5, 5.41) is 3.35. The van der Waals surface area contributed by atoms with E-state index in [0.717, 1.165) is 5.56 Å². The minimum atomic E-state index is -4.20. The highest BCUT2D eigenvalue weighted by molar-refractivity contribution is 7.89. The van der Waals surface area contributed by atoms with Gasteiger partial charge in [0, 0.05) is 24.7 Å². The topological polar surface area (TPSA) is 190 Å². The Hall–Kier alpha value is -4.36. The first-order chi connectivity index (χ1) is 20.2. The van der Waals surface area contributed by atoms with Gasteiger partial charge in [-0.25, -0.2) is 8.42 Å². The highest BCUT2D eigenvalue weighted by Gasteiger charge is 2.39. The van der Waals surface area contributed by atoms with E-state index in [2.05, 4.69) is 20.0 Å². The highest BCUT2D eigenvalue weighted by atomic mass is 32.2. The lowest BCUT2D eigenvalue weighted by Gasteiger charge is -2.29. The fourth-order valence-electron chi connectivity index (χ4n) is 5.05. The first-order valence-electron chi connectivity index (χ1n) is 13.7. The normalized spacial score (nSPS) is 16.5. The van der Waals surface area contributed by atoms with Crippen LogP contribution in [0.3, 0.4) is 0 Å². The van der Waals surface area contributed by atoms with E-state index in [9.17, 15) is 22.8 Å². The second kappa shape index (κ2) is 14.0. The van der Waals surface area contributed by atoms with E-state index in [1.54, 1.807) is 48.5 Å². The molecule has 0 unspecified atom stereocenters. The van der Waals surface area contributed by atoms with Crippen LogP contribution in [0, 0.1) is 0 Å². The lowest BCUT2D eigenvalue weighted by Crippen LogP contribution is -2.55. The quantitative estimate of drug-likeness (QED) is 0.0970. The van der Waals surface area contributed by atoms with Crippen LogP contribution >= 0.6 is 0 Å². The van der Waals surface area contributed by atoms with Crippen LogP contribution in [0.25, 0.3) is 10.9 Å². The number of guanidine groups is 1. The van der Waals surface area contributed by atoms with Gasteiger partial charge >= 0.3 is 0 Å².